The molecule has 0 aromatic rings. The maximum Gasteiger partial charge on any atom is 0.375 e. The predicted octanol–water partition coefficient (Wildman–Crippen LogP) is 2.13. The van der Waals surface area contributed by atoms with Crippen LogP contribution in [0, 0.1) is 22.7 Å². The second kappa shape index (κ2) is 6.11. The number of hydrogen-bond donors (Lipinski definition) is 3. The molecule has 0 bridgehead atoms. The molecule has 0 aromatic carbocycles. The highest BCUT2D eigenvalue weighted by Crippen LogP contribution is 2.71. The monoisotopic (exact) mass is 438 g/mol. The highest BCUT2D eigenvalue weighted by Gasteiger charge is 2.75. The molecule has 0 aromatic heterocycles. The van der Waals surface area contributed by atoms with Crippen LogP contribution in [0.4, 0.5) is 4.39 Å². The van der Waals surface area contributed by atoms with E-state index in [2.05, 4.69) is 6.58 Å². The summed E-state index contributed by atoms with van der Waals surface area (Å²) in [6.07, 6.45) is 1.05. The number of allylic oxidation sites excluding steroid dienone is 4. The second-order valence-electron chi connectivity index (χ2n) is 9.51. The highest BCUT2D eigenvalue weighted by molar-refractivity contribution is 6.37. The zero-order valence-electron chi connectivity index (χ0n) is 16.7. The summed E-state index contributed by atoms with van der Waals surface area (Å²) in [6.45, 7) is 6.99. The Labute approximate surface area is 178 Å². The standard InChI is InChI=1S/C22H24ClFO6/c1-10-6-12-13-8-15(24)14-7-11(25)4-5-19(14,2)21(13,23)16(26)9-20(12,3)22(10,30)17(27)18(28)29/h4-5,7,12-13,15-16,26,30H,1,6,8-9H2,2-3H3,(H,28,29)/t12-,13-,15?,16?,19-,20-,21-,22-/m0/s1. The first-order valence-corrected chi connectivity index (χ1v) is 10.3. The summed E-state index contributed by atoms with van der Waals surface area (Å²) in [5.41, 5.74) is -4.69. The zero-order chi connectivity index (χ0) is 22.4. The Morgan fingerprint density at radius 3 is 2.53 bits per heavy atom. The van der Waals surface area contributed by atoms with Crippen LogP contribution in [0.2, 0.25) is 0 Å². The SMILES string of the molecule is C=C1C[C@H]2[C@@H]3CC(F)C4=CC(=O)C=C[C@]4(C)[C@@]3(Cl)C(O)C[C@]2(C)[C@@]1(O)C(=O)C(=O)O. The average Bonchev–Trinajstić information content (AvgIpc) is 2.86. The third-order valence-electron chi connectivity index (χ3n) is 8.35. The number of carboxylic acids is 1. The third-order valence-corrected chi connectivity index (χ3v) is 9.27. The lowest BCUT2D eigenvalue weighted by molar-refractivity contribution is -0.177. The summed E-state index contributed by atoms with van der Waals surface area (Å²) >= 11 is 7.13. The molecule has 0 heterocycles. The molecule has 0 saturated heterocycles. The van der Waals surface area contributed by atoms with Crippen LogP contribution in [0.1, 0.15) is 33.1 Å². The minimum Gasteiger partial charge on any atom is -0.475 e. The van der Waals surface area contributed by atoms with E-state index in [4.69, 9.17) is 11.6 Å². The topological polar surface area (TPSA) is 112 Å². The number of aliphatic carboxylic acids is 1. The van der Waals surface area contributed by atoms with E-state index < -0.39 is 57.2 Å². The second-order valence-corrected chi connectivity index (χ2v) is 10.1. The van der Waals surface area contributed by atoms with Crippen LogP contribution >= 0.6 is 11.6 Å². The first-order chi connectivity index (χ1) is 13.7. The van der Waals surface area contributed by atoms with Gasteiger partial charge in [0.25, 0.3) is 5.78 Å². The van der Waals surface area contributed by atoms with E-state index in [-0.39, 0.29) is 36.2 Å². The summed E-state index contributed by atoms with van der Waals surface area (Å²) in [5.74, 6) is -4.84. The number of hydrogen-bond acceptors (Lipinski definition) is 5. The van der Waals surface area contributed by atoms with Crippen LogP contribution in [0.3, 0.4) is 0 Å². The number of fused-ring (bicyclic) bond motifs is 5. The number of ketones is 2. The minimum atomic E-state index is -2.39. The van der Waals surface area contributed by atoms with E-state index in [0.29, 0.717) is 0 Å². The first-order valence-electron chi connectivity index (χ1n) is 9.89. The van der Waals surface area contributed by atoms with Crippen molar-refractivity contribution in [2.45, 2.75) is 55.9 Å². The van der Waals surface area contributed by atoms with E-state index >= 15 is 4.39 Å². The van der Waals surface area contributed by atoms with Gasteiger partial charge in [0.1, 0.15) is 6.17 Å². The number of Topliss-reactive ketones (excluding diaryl/α,β-unsaturated/α-hetero) is 1. The Kier molecular flexibility index (Phi) is 4.36. The lowest BCUT2D eigenvalue weighted by Gasteiger charge is -2.64. The van der Waals surface area contributed by atoms with Crippen LogP contribution in [0.15, 0.2) is 36.0 Å². The van der Waals surface area contributed by atoms with Gasteiger partial charge in [-0.1, -0.05) is 26.5 Å². The van der Waals surface area contributed by atoms with E-state index in [1.165, 1.54) is 25.2 Å². The largest absolute Gasteiger partial charge is 0.475 e. The Hall–Kier alpha value is -1.83. The number of carbonyl (C=O) groups is 3. The molecule has 4 aliphatic rings. The van der Waals surface area contributed by atoms with Crippen LogP contribution in [-0.4, -0.2) is 55.6 Å². The molecular weight excluding hydrogens is 415 g/mol. The van der Waals surface area contributed by atoms with Gasteiger partial charge in [-0.25, -0.2) is 9.18 Å². The third kappa shape index (κ3) is 2.18. The van der Waals surface area contributed by atoms with Gasteiger partial charge < -0.3 is 15.3 Å². The van der Waals surface area contributed by atoms with Gasteiger partial charge in [-0.15, -0.1) is 11.6 Å². The lowest BCUT2D eigenvalue weighted by atomic mass is 9.45. The van der Waals surface area contributed by atoms with Crippen molar-refractivity contribution in [3.8, 4) is 0 Å². The molecule has 3 N–H and O–H groups in total. The minimum absolute atomic E-state index is 0.0341. The Morgan fingerprint density at radius 1 is 1.30 bits per heavy atom. The molecule has 6 nitrogen and oxygen atoms in total. The van der Waals surface area contributed by atoms with Gasteiger partial charge in [-0.2, -0.15) is 0 Å². The summed E-state index contributed by atoms with van der Waals surface area (Å²) in [4.78, 5) is 34.5. The molecule has 3 saturated carbocycles. The molecule has 162 valence electrons. The molecule has 4 rings (SSSR count). The van der Waals surface area contributed by atoms with Gasteiger partial charge in [0, 0.05) is 10.8 Å². The zero-order valence-corrected chi connectivity index (χ0v) is 17.4. The summed E-state index contributed by atoms with van der Waals surface area (Å²) in [7, 11) is 0. The summed E-state index contributed by atoms with van der Waals surface area (Å²) < 4.78 is 15.3. The molecule has 0 radical (unpaired) electrons. The quantitative estimate of drug-likeness (QED) is 0.346. The van der Waals surface area contributed by atoms with Crippen LogP contribution in [0.5, 0.6) is 0 Å². The van der Waals surface area contributed by atoms with Gasteiger partial charge in [0.15, 0.2) is 11.4 Å². The van der Waals surface area contributed by atoms with Crippen molar-refractivity contribution >= 4 is 29.1 Å². The van der Waals surface area contributed by atoms with Gasteiger partial charge in [0.2, 0.25) is 0 Å². The maximum absolute atomic E-state index is 15.3. The molecule has 0 spiro atoms. The first kappa shape index (κ1) is 21.4. The fraction of sp³-hybridized carbons (Fsp3) is 0.591. The molecule has 0 aliphatic heterocycles. The van der Waals surface area contributed by atoms with Crippen molar-refractivity contribution in [2.75, 3.05) is 0 Å². The van der Waals surface area contributed by atoms with Crippen molar-refractivity contribution < 1.29 is 34.1 Å². The van der Waals surface area contributed by atoms with Crippen molar-refractivity contribution in [3.63, 3.8) is 0 Å². The average molecular weight is 439 g/mol. The molecule has 3 fully saturated rings. The predicted molar refractivity (Wildman–Crippen MR) is 105 cm³/mol. The van der Waals surface area contributed by atoms with Gasteiger partial charge >= 0.3 is 5.97 Å². The van der Waals surface area contributed by atoms with E-state index in [0.717, 1.165) is 0 Å². The smallest absolute Gasteiger partial charge is 0.375 e. The molecule has 8 atom stereocenters. The number of aliphatic hydroxyl groups is 2. The molecule has 30 heavy (non-hydrogen) atoms. The van der Waals surface area contributed by atoms with Gasteiger partial charge in [-0.05, 0) is 54.4 Å². The number of carbonyl (C=O) groups excluding carboxylic acids is 2. The summed E-state index contributed by atoms with van der Waals surface area (Å²) in [5, 5.41) is 31.9. The Morgan fingerprint density at radius 2 is 1.93 bits per heavy atom. The Balaban J connectivity index is 1.89. The lowest BCUT2D eigenvalue weighted by Crippen LogP contribution is -2.70. The van der Waals surface area contributed by atoms with Gasteiger partial charge in [0.05, 0.1) is 11.0 Å². The van der Waals surface area contributed by atoms with E-state index in [1.54, 1.807) is 6.92 Å². The fourth-order valence-electron chi connectivity index (χ4n) is 6.74. The number of aliphatic hydroxyl groups excluding tert-OH is 1. The number of carboxylic acid groups (broad SMARTS) is 1. The van der Waals surface area contributed by atoms with Crippen molar-refractivity contribution in [1.29, 1.82) is 0 Å². The highest BCUT2D eigenvalue weighted by atomic mass is 35.5. The number of halogens is 2. The molecule has 4 aliphatic carbocycles. The summed E-state index contributed by atoms with van der Waals surface area (Å²) in [6, 6.07) is 0. The van der Waals surface area contributed by atoms with Gasteiger partial charge in [-0.3, -0.25) is 9.59 Å². The number of rotatable bonds is 2. The van der Waals surface area contributed by atoms with Crippen LogP contribution < -0.4 is 0 Å². The Bertz CT molecular complexity index is 957. The number of alkyl halides is 2. The molecule has 0 amide bonds. The van der Waals surface area contributed by atoms with Crippen molar-refractivity contribution in [3.05, 3.63) is 36.0 Å². The van der Waals surface area contributed by atoms with Crippen molar-refractivity contribution in [2.24, 2.45) is 22.7 Å². The molecular formula is C22H24ClFO6. The van der Waals surface area contributed by atoms with Crippen molar-refractivity contribution in [1.82, 2.24) is 0 Å². The normalized spacial score (nSPS) is 49.7. The van der Waals surface area contributed by atoms with Crippen LogP contribution in [0.25, 0.3) is 0 Å². The fourth-order valence-corrected chi connectivity index (χ4v) is 7.23. The van der Waals surface area contributed by atoms with E-state index in [9.17, 15) is 29.7 Å². The molecule has 2 unspecified atom stereocenters. The molecule has 8 heteroatoms. The van der Waals surface area contributed by atoms with Crippen LogP contribution in [-0.2, 0) is 14.4 Å². The maximum atomic E-state index is 15.3. The van der Waals surface area contributed by atoms with E-state index in [1.807, 2.05) is 0 Å².